The zero-order valence-corrected chi connectivity index (χ0v) is 11.0. The number of fused-ring (bicyclic) bond motifs is 1. The molecule has 1 heterocycles. The number of nitrogens with one attached hydrogen (secondary N) is 1. The molecule has 0 aliphatic carbocycles. The fourth-order valence-corrected chi connectivity index (χ4v) is 2.21. The highest BCUT2D eigenvalue weighted by Crippen LogP contribution is 2.32. The number of aromatic nitrogens is 2. The van der Waals surface area contributed by atoms with Crippen LogP contribution in [0.25, 0.3) is 22.2 Å². The predicted molar refractivity (Wildman–Crippen MR) is 79.3 cm³/mol. The summed E-state index contributed by atoms with van der Waals surface area (Å²) in [6, 6.07) is 13.6. The standard InChI is InChI=1S/C15H14N4O/c1-20-13-7-6-12(10-4-2-3-5-11(10)13)15-17-9-8-14(18-15)19-16/h2-9H,16H2,1H3,(H,17,18,19). The number of benzene rings is 2. The third-order valence-electron chi connectivity index (χ3n) is 3.15. The first-order valence-corrected chi connectivity index (χ1v) is 6.19. The molecule has 0 amide bonds. The van der Waals surface area contributed by atoms with Crippen LogP contribution in [0, 0.1) is 0 Å². The Kier molecular flexibility index (Phi) is 3.18. The van der Waals surface area contributed by atoms with Crippen LogP contribution in [0.5, 0.6) is 5.75 Å². The fourth-order valence-electron chi connectivity index (χ4n) is 2.21. The molecular weight excluding hydrogens is 252 g/mol. The first-order chi connectivity index (χ1) is 9.83. The monoisotopic (exact) mass is 266 g/mol. The van der Waals surface area contributed by atoms with Crippen LogP contribution in [-0.2, 0) is 0 Å². The lowest BCUT2D eigenvalue weighted by Gasteiger charge is -2.10. The quantitative estimate of drug-likeness (QED) is 0.563. The van der Waals surface area contributed by atoms with E-state index in [1.807, 2.05) is 36.4 Å². The van der Waals surface area contributed by atoms with E-state index in [1.165, 1.54) is 0 Å². The molecule has 3 rings (SSSR count). The minimum absolute atomic E-state index is 0.579. The van der Waals surface area contributed by atoms with E-state index >= 15 is 0 Å². The highest BCUT2D eigenvalue weighted by Gasteiger charge is 2.10. The third kappa shape index (κ3) is 2.04. The van der Waals surface area contributed by atoms with E-state index in [2.05, 4.69) is 15.4 Å². The maximum Gasteiger partial charge on any atom is 0.162 e. The lowest BCUT2D eigenvalue weighted by molar-refractivity contribution is 0.420. The highest BCUT2D eigenvalue weighted by molar-refractivity contribution is 5.98. The summed E-state index contributed by atoms with van der Waals surface area (Å²) in [6.07, 6.45) is 1.68. The van der Waals surface area contributed by atoms with Gasteiger partial charge in [0.2, 0.25) is 0 Å². The van der Waals surface area contributed by atoms with Crippen LogP contribution in [-0.4, -0.2) is 17.1 Å². The molecule has 20 heavy (non-hydrogen) atoms. The minimum atomic E-state index is 0.579. The molecule has 3 aromatic rings. The average molecular weight is 266 g/mol. The maximum atomic E-state index is 5.39. The van der Waals surface area contributed by atoms with Gasteiger partial charge in [-0.3, -0.25) is 0 Å². The minimum Gasteiger partial charge on any atom is -0.496 e. The molecule has 2 aromatic carbocycles. The van der Waals surface area contributed by atoms with E-state index < -0.39 is 0 Å². The molecular formula is C15H14N4O. The summed E-state index contributed by atoms with van der Waals surface area (Å²) < 4.78 is 5.39. The largest absolute Gasteiger partial charge is 0.496 e. The van der Waals surface area contributed by atoms with Gasteiger partial charge >= 0.3 is 0 Å². The molecule has 0 spiro atoms. The van der Waals surface area contributed by atoms with Crippen LogP contribution < -0.4 is 16.0 Å². The molecule has 0 aliphatic rings. The third-order valence-corrected chi connectivity index (χ3v) is 3.15. The number of nitrogens with zero attached hydrogens (tertiary/aromatic N) is 2. The van der Waals surface area contributed by atoms with Crippen LogP contribution in [0.4, 0.5) is 5.82 Å². The Morgan fingerprint density at radius 1 is 1.05 bits per heavy atom. The smallest absolute Gasteiger partial charge is 0.162 e. The van der Waals surface area contributed by atoms with Crippen molar-refractivity contribution >= 4 is 16.6 Å². The Balaban J connectivity index is 2.26. The van der Waals surface area contributed by atoms with Gasteiger partial charge in [0.1, 0.15) is 11.6 Å². The van der Waals surface area contributed by atoms with E-state index in [0.717, 1.165) is 22.1 Å². The molecule has 1 aromatic heterocycles. The molecule has 5 heteroatoms. The summed E-state index contributed by atoms with van der Waals surface area (Å²) >= 11 is 0. The summed E-state index contributed by atoms with van der Waals surface area (Å²) in [5.74, 6) is 7.43. The van der Waals surface area contributed by atoms with Crippen molar-refractivity contribution in [2.45, 2.75) is 0 Å². The van der Waals surface area contributed by atoms with Crippen molar-refractivity contribution in [3.8, 4) is 17.1 Å². The van der Waals surface area contributed by atoms with Gasteiger partial charge in [-0.1, -0.05) is 24.3 Å². The number of hydrogen-bond donors (Lipinski definition) is 2. The normalized spacial score (nSPS) is 10.5. The fraction of sp³-hybridized carbons (Fsp3) is 0.0667. The van der Waals surface area contributed by atoms with Gasteiger partial charge in [0, 0.05) is 23.2 Å². The van der Waals surface area contributed by atoms with E-state index in [4.69, 9.17) is 10.6 Å². The lowest BCUT2D eigenvalue weighted by atomic mass is 10.0. The Labute approximate surface area is 116 Å². The Morgan fingerprint density at radius 3 is 2.60 bits per heavy atom. The molecule has 0 bridgehead atoms. The van der Waals surface area contributed by atoms with E-state index in [-0.39, 0.29) is 0 Å². The Morgan fingerprint density at radius 2 is 1.85 bits per heavy atom. The van der Waals surface area contributed by atoms with Gasteiger partial charge in [-0.2, -0.15) is 0 Å². The molecule has 0 radical (unpaired) electrons. The molecule has 0 unspecified atom stereocenters. The molecule has 0 aliphatic heterocycles. The van der Waals surface area contributed by atoms with Crippen LogP contribution in [0.2, 0.25) is 0 Å². The van der Waals surface area contributed by atoms with Crippen molar-refractivity contribution in [3.05, 3.63) is 48.7 Å². The van der Waals surface area contributed by atoms with Gasteiger partial charge in [0.15, 0.2) is 5.82 Å². The zero-order chi connectivity index (χ0) is 13.9. The average Bonchev–Trinajstić information content (AvgIpc) is 2.54. The van der Waals surface area contributed by atoms with Crippen molar-refractivity contribution in [2.75, 3.05) is 12.5 Å². The number of nitrogen functional groups attached to an aromatic ring is 1. The van der Waals surface area contributed by atoms with Crippen LogP contribution in [0.15, 0.2) is 48.7 Å². The first-order valence-electron chi connectivity index (χ1n) is 6.19. The second-order valence-electron chi connectivity index (χ2n) is 4.27. The van der Waals surface area contributed by atoms with E-state index in [0.29, 0.717) is 11.6 Å². The molecule has 0 saturated heterocycles. The Bertz CT molecular complexity index is 758. The molecule has 5 nitrogen and oxygen atoms in total. The van der Waals surface area contributed by atoms with Gasteiger partial charge in [-0.05, 0) is 17.5 Å². The predicted octanol–water partition coefficient (Wildman–Crippen LogP) is 2.59. The molecule has 0 atom stereocenters. The number of hydrazine groups is 1. The van der Waals surface area contributed by atoms with Crippen LogP contribution in [0.3, 0.4) is 0 Å². The summed E-state index contributed by atoms with van der Waals surface area (Å²) in [5.41, 5.74) is 3.47. The van der Waals surface area contributed by atoms with Crippen LogP contribution in [0.1, 0.15) is 0 Å². The maximum absolute atomic E-state index is 5.39. The molecule has 100 valence electrons. The van der Waals surface area contributed by atoms with Crippen molar-refractivity contribution in [3.63, 3.8) is 0 Å². The summed E-state index contributed by atoms with van der Waals surface area (Å²) in [6.45, 7) is 0. The van der Waals surface area contributed by atoms with Crippen molar-refractivity contribution in [2.24, 2.45) is 5.84 Å². The second kappa shape index (κ2) is 5.14. The molecule has 3 N–H and O–H groups in total. The second-order valence-corrected chi connectivity index (χ2v) is 4.27. The number of ether oxygens (including phenoxy) is 1. The van der Waals surface area contributed by atoms with E-state index in [1.54, 1.807) is 19.4 Å². The number of nitrogens with two attached hydrogens (primary N) is 1. The number of rotatable bonds is 3. The van der Waals surface area contributed by atoms with Gasteiger partial charge < -0.3 is 10.2 Å². The van der Waals surface area contributed by atoms with Crippen molar-refractivity contribution in [1.29, 1.82) is 0 Å². The van der Waals surface area contributed by atoms with Crippen molar-refractivity contribution < 1.29 is 4.74 Å². The summed E-state index contributed by atoms with van der Waals surface area (Å²) in [7, 11) is 1.66. The summed E-state index contributed by atoms with van der Waals surface area (Å²) in [4.78, 5) is 8.69. The van der Waals surface area contributed by atoms with Gasteiger partial charge in [0.25, 0.3) is 0 Å². The SMILES string of the molecule is COc1ccc(-c2nccc(NN)n2)c2ccccc12. The molecule has 0 saturated carbocycles. The van der Waals surface area contributed by atoms with Gasteiger partial charge in [0.05, 0.1) is 7.11 Å². The Hall–Kier alpha value is -2.66. The van der Waals surface area contributed by atoms with Crippen LogP contribution >= 0.6 is 0 Å². The number of methoxy groups -OCH3 is 1. The van der Waals surface area contributed by atoms with E-state index in [9.17, 15) is 0 Å². The van der Waals surface area contributed by atoms with Gasteiger partial charge in [-0.15, -0.1) is 0 Å². The van der Waals surface area contributed by atoms with Crippen molar-refractivity contribution in [1.82, 2.24) is 9.97 Å². The number of anilines is 1. The molecule has 0 fully saturated rings. The number of hydrogen-bond acceptors (Lipinski definition) is 5. The first kappa shape index (κ1) is 12.4. The zero-order valence-electron chi connectivity index (χ0n) is 11.0. The lowest BCUT2D eigenvalue weighted by Crippen LogP contribution is -2.09. The van der Waals surface area contributed by atoms with Gasteiger partial charge in [-0.25, -0.2) is 15.8 Å². The summed E-state index contributed by atoms with van der Waals surface area (Å²) in [5, 5.41) is 2.07. The highest BCUT2D eigenvalue weighted by atomic mass is 16.5. The topological polar surface area (TPSA) is 73.1 Å².